The van der Waals surface area contributed by atoms with Crippen molar-refractivity contribution in [1.82, 2.24) is 15.1 Å². The summed E-state index contributed by atoms with van der Waals surface area (Å²) in [5.74, 6) is -1.03. The Kier molecular flexibility index (Phi) is 7.61. The topological polar surface area (TPSA) is 100 Å². The Morgan fingerprint density at radius 3 is 2.65 bits per heavy atom. The van der Waals surface area contributed by atoms with Crippen molar-refractivity contribution in [3.05, 3.63) is 36.4 Å². The number of anilines is 1. The summed E-state index contributed by atoms with van der Waals surface area (Å²) in [6.07, 6.45) is 11.1. The highest BCUT2D eigenvalue weighted by molar-refractivity contribution is 6.02. The lowest BCUT2D eigenvalue weighted by molar-refractivity contribution is -0.141. The first-order chi connectivity index (χ1) is 19.4. The zero-order valence-electron chi connectivity index (χ0n) is 23.6. The van der Waals surface area contributed by atoms with Crippen LogP contribution in [0.4, 0.5) is 5.69 Å². The summed E-state index contributed by atoms with van der Waals surface area (Å²) in [7, 11) is 1.58. The number of benzene rings is 1. The minimum absolute atomic E-state index is 0.0884. The Balaban J connectivity index is 1.27. The number of carbonyl (C=O) groups excluding carboxylic acids is 3. The Morgan fingerprint density at radius 2 is 1.88 bits per heavy atom. The quantitative estimate of drug-likeness (QED) is 0.483. The lowest BCUT2D eigenvalue weighted by Gasteiger charge is -2.36. The van der Waals surface area contributed by atoms with E-state index < -0.39 is 29.6 Å². The molecule has 5 unspecified atom stereocenters. The first kappa shape index (κ1) is 27.3. The Bertz CT molecular complexity index is 1170. The number of hydrogen-bond donors (Lipinski definition) is 2. The van der Waals surface area contributed by atoms with Gasteiger partial charge in [-0.2, -0.15) is 0 Å². The largest absolute Gasteiger partial charge is 0.497 e. The predicted molar refractivity (Wildman–Crippen MR) is 151 cm³/mol. The number of rotatable bonds is 8. The van der Waals surface area contributed by atoms with Crippen molar-refractivity contribution >= 4 is 23.4 Å². The van der Waals surface area contributed by atoms with Crippen LogP contribution in [0, 0.1) is 17.8 Å². The van der Waals surface area contributed by atoms with Crippen LogP contribution in [0.25, 0.3) is 0 Å². The number of piperidine rings is 1. The average molecular weight is 551 g/mol. The van der Waals surface area contributed by atoms with Gasteiger partial charge in [-0.05, 0) is 56.8 Å². The fourth-order valence-electron chi connectivity index (χ4n) is 7.66. The van der Waals surface area contributed by atoms with Crippen molar-refractivity contribution in [2.45, 2.75) is 75.7 Å². The zero-order chi connectivity index (χ0) is 27.9. The molecule has 4 aliphatic heterocycles. The van der Waals surface area contributed by atoms with Crippen LogP contribution in [-0.4, -0.2) is 84.6 Å². The third-order valence-corrected chi connectivity index (χ3v) is 9.81. The Hall–Kier alpha value is -2.91. The molecule has 1 saturated carbocycles. The molecule has 1 aliphatic carbocycles. The molecular weight excluding hydrogens is 508 g/mol. The Labute approximate surface area is 236 Å². The molecule has 6 rings (SSSR count). The molecule has 1 spiro atoms. The highest BCUT2D eigenvalue weighted by atomic mass is 16.5. The molecule has 40 heavy (non-hydrogen) atoms. The van der Waals surface area contributed by atoms with Crippen LogP contribution in [0.1, 0.15) is 51.9 Å². The van der Waals surface area contributed by atoms with Gasteiger partial charge < -0.3 is 29.9 Å². The molecule has 4 fully saturated rings. The summed E-state index contributed by atoms with van der Waals surface area (Å²) in [5, 5.41) is 6.29. The van der Waals surface area contributed by atoms with Crippen LogP contribution in [-0.2, 0) is 19.1 Å². The summed E-state index contributed by atoms with van der Waals surface area (Å²) in [6.45, 7) is 5.37. The maximum Gasteiger partial charge on any atom is 0.246 e. The summed E-state index contributed by atoms with van der Waals surface area (Å²) >= 11 is 0. The van der Waals surface area contributed by atoms with Gasteiger partial charge in [-0.1, -0.05) is 44.4 Å². The van der Waals surface area contributed by atoms with Crippen LogP contribution in [0.15, 0.2) is 36.4 Å². The number of methoxy groups -OCH3 is 1. The van der Waals surface area contributed by atoms with Crippen molar-refractivity contribution in [3.63, 3.8) is 0 Å². The first-order valence-corrected chi connectivity index (χ1v) is 15.1. The maximum atomic E-state index is 14.2. The standard InChI is InChI=1S/C31H42N4O5/c1-20-9-4-5-12-23(20)33-29(37)27-31-14-13-24(40-31)25(28(36)32-21-10-8-11-22(19-21)39-2)26(31)30(38)35(27)18-17-34-15-6-3-7-16-34/h8,10-11,13-14,19-20,23-27H,3-7,9,12,15-18H2,1-2H3,(H,32,36)(H,33,37)/t20?,23?,24-,25?,26-,27?,31?/m1/s1. The van der Waals surface area contributed by atoms with E-state index in [0.29, 0.717) is 30.4 Å². The third kappa shape index (κ3) is 4.81. The fraction of sp³-hybridized carbons (Fsp3) is 0.645. The van der Waals surface area contributed by atoms with Gasteiger partial charge in [0.15, 0.2) is 0 Å². The normalized spacial score (nSPS) is 35.0. The second-order valence-corrected chi connectivity index (χ2v) is 12.2. The lowest BCUT2D eigenvalue weighted by Crippen LogP contribution is -2.58. The molecule has 0 aromatic heterocycles. The Morgan fingerprint density at radius 1 is 1.07 bits per heavy atom. The second-order valence-electron chi connectivity index (χ2n) is 12.2. The van der Waals surface area contributed by atoms with E-state index >= 15 is 0 Å². The molecule has 7 atom stereocenters. The van der Waals surface area contributed by atoms with Crippen LogP contribution < -0.4 is 15.4 Å². The van der Waals surface area contributed by atoms with Gasteiger partial charge in [-0.15, -0.1) is 0 Å². The molecule has 3 saturated heterocycles. The minimum atomic E-state index is -1.14. The molecule has 1 aromatic rings. The van der Waals surface area contributed by atoms with E-state index in [2.05, 4.69) is 22.5 Å². The van der Waals surface area contributed by atoms with E-state index in [9.17, 15) is 14.4 Å². The molecular formula is C31H42N4O5. The van der Waals surface area contributed by atoms with Crippen molar-refractivity contribution in [2.75, 3.05) is 38.6 Å². The smallest absolute Gasteiger partial charge is 0.246 e. The van der Waals surface area contributed by atoms with E-state index in [1.54, 1.807) is 24.1 Å². The molecule has 3 amide bonds. The minimum Gasteiger partial charge on any atom is -0.497 e. The number of hydrogen-bond acceptors (Lipinski definition) is 6. The van der Waals surface area contributed by atoms with Gasteiger partial charge in [-0.3, -0.25) is 14.4 Å². The third-order valence-electron chi connectivity index (χ3n) is 9.81. The van der Waals surface area contributed by atoms with Crippen molar-refractivity contribution in [2.24, 2.45) is 17.8 Å². The molecule has 216 valence electrons. The van der Waals surface area contributed by atoms with Crippen molar-refractivity contribution < 1.29 is 23.9 Å². The second kappa shape index (κ2) is 11.2. The van der Waals surface area contributed by atoms with E-state index in [0.717, 1.165) is 45.2 Å². The van der Waals surface area contributed by atoms with Gasteiger partial charge in [0.05, 0.1) is 25.0 Å². The molecule has 5 aliphatic rings. The number of ether oxygens (including phenoxy) is 2. The molecule has 1 aromatic carbocycles. The van der Waals surface area contributed by atoms with Crippen LogP contribution >= 0.6 is 0 Å². The van der Waals surface area contributed by atoms with Gasteiger partial charge >= 0.3 is 0 Å². The number of nitrogens with one attached hydrogen (secondary N) is 2. The molecule has 0 radical (unpaired) electrons. The summed E-state index contributed by atoms with van der Waals surface area (Å²) < 4.78 is 11.8. The monoisotopic (exact) mass is 550 g/mol. The van der Waals surface area contributed by atoms with E-state index in [-0.39, 0.29) is 23.8 Å². The number of likely N-dealkylation sites (tertiary alicyclic amines) is 2. The molecule has 2 bridgehead atoms. The maximum absolute atomic E-state index is 14.2. The van der Waals surface area contributed by atoms with Crippen molar-refractivity contribution in [3.8, 4) is 5.75 Å². The first-order valence-electron chi connectivity index (χ1n) is 15.1. The van der Waals surface area contributed by atoms with Crippen molar-refractivity contribution in [1.29, 1.82) is 0 Å². The van der Waals surface area contributed by atoms with Gasteiger partial charge in [-0.25, -0.2) is 0 Å². The lowest BCUT2D eigenvalue weighted by atomic mass is 9.74. The van der Waals surface area contributed by atoms with E-state index in [1.807, 2.05) is 24.3 Å². The molecule has 9 nitrogen and oxygen atoms in total. The number of fused-ring (bicyclic) bond motifs is 1. The molecule has 9 heteroatoms. The van der Waals surface area contributed by atoms with Crippen LogP contribution in [0.5, 0.6) is 5.75 Å². The SMILES string of the molecule is COc1cccc(NC(=O)C2[C@H]3C=CC4(O3)C(C(=O)NC3CCCCC3C)N(CCN3CCCCC3)C(=O)[C@@H]24)c1. The van der Waals surface area contributed by atoms with Gasteiger partial charge in [0.1, 0.15) is 17.4 Å². The summed E-state index contributed by atoms with van der Waals surface area (Å²) in [4.78, 5) is 46.1. The molecule has 4 heterocycles. The summed E-state index contributed by atoms with van der Waals surface area (Å²) in [6, 6.07) is 6.46. The highest BCUT2D eigenvalue weighted by Gasteiger charge is 2.72. The number of carbonyl (C=O) groups is 3. The van der Waals surface area contributed by atoms with Gasteiger partial charge in [0.2, 0.25) is 17.7 Å². The molecule has 2 N–H and O–H groups in total. The van der Waals surface area contributed by atoms with E-state index in [1.165, 1.54) is 12.8 Å². The van der Waals surface area contributed by atoms with E-state index in [4.69, 9.17) is 9.47 Å². The van der Waals surface area contributed by atoms with Gasteiger partial charge in [0, 0.05) is 30.9 Å². The highest BCUT2D eigenvalue weighted by Crippen LogP contribution is 2.55. The fourth-order valence-corrected chi connectivity index (χ4v) is 7.66. The zero-order valence-corrected chi connectivity index (χ0v) is 23.6. The predicted octanol–water partition coefficient (Wildman–Crippen LogP) is 2.97. The number of nitrogens with zero attached hydrogens (tertiary/aromatic N) is 2. The average Bonchev–Trinajstić information content (AvgIpc) is 3.61. The number of amides is 3. The van der Waals surface area contributed by atoms with Crippen LogP contribution in [0.2, 0.25) is 0 Å². The summed E-state index contributed by atoms with van der Waals surface area (Å²) in [5.41, 5.74) is -0.541. The van der Waals surface area contributed by atoms with Gasteiger partial charge in [0.25, 0.3) is 0 Å². The van der Waals surface area contributed by atoms with Crippen LogP contribution in [0.3, 0.4) is 0 Å².